The number of nitro groups is 1. The maximum atomic E-state index is 12.0. The molecule has 8 heteroatoms. The summed E-state index contributed by atoms with van der Waals surface area (Å²) in [5.74, 6) is -0.218. The number of carbonyl (C=O) groups is 2. The molecule has 1 aromatic carbocycles. The minimum absolute atomic E-state index is 0.00349. The van der Waals surface area contributed by atoms with Crippen molar-refractivity contribution in [2.24, 2.45) is 0 Å². The second-order valence-electron chi connectivity index (χ2n) is 5.72. The van der Waals surface area contributed by atoms with E-state index < -0.39 is 10.8 Å². The summed E-state index contributed by atoms with van der Waals surface area (Å²) in [6.07, 6.45) is 4.29. The van der Waals surface area contributed by atoms with Gasteiger partial charge < -0.3 is 10.2 Å². The van der Waals surface area contributed by atoms with Crippen molar-refractivity contribution in [1.82, 2.24) is 10.2 Å². The molecule has 0 spiro atoms. The Morgan fingerprint density at radius 3 is 2.88 bits per heavy atom. The Hall–Kier alpha value is -2.15. The molecule has 1 heterocycles. The van der Waals surface area contributed by atoms with Crippen LogP contribution in [-0.4, -0.2) is 41.3 Å². The molecule has 0 saturated carbocycles. The van der Waals surface area contributed by atoms with E-state index in [9.17, 15) is 19.7 Å². The van der Waals surface area contributed by atoms with Crippen LogP contribution >= 0.6 is 11.6 Å². The first-order valence-electron chi connectivity index (χ1n) is 7.99. The van der Waals surface area contributed by atoms with Crippen LogP contribution in [0.4, 0.5) is 5.69 Å². The summed E-state index contributed by atoms with van der Waals surface area (Å²) in [6, 6.07) is 3.95. The van der Waals surface area contributed by atoms with Gasteiger partial charge in [0.05, 0.1) is 4.92 Å². The number of hydrogen-bond acceptors (Lipinski definition) is 4. The predicted octanol–water partition coefficient (Wildman–Crippen LogP) is 2.77. The zero-order valence-electron chi connectivity index (χ0n) is 13.3. The van der Waals surface area contributed by atoms with Crippen LogP contribution in [0.25, 0.3) is 0 Å². The van der Waals surface area contributed by atoms with Crippen molar-refractivity contribution in [2.75, 3.05) is 19.6 Å². The van der Waals surface area contributed by atoms with Crippen LogP contribution < -0.4 is 5.32 Å². The predicted molar refractivity (Wildman–Crippen MR) is 90.1 cm³/mol. The molecule has 1 aromatic rings. The SMILES string of the molecule is O=C(NCCCN1CCCCCC1=O)c1ccc(Cl)c([N+](=O)[O-])c1. The fourth-order valence-electron chi connectivity index (χ4n) is 2.64. The Morgan fingerprint density at radius 1 is 1.33 bits per heavy atom. The minimum Gasteiger partial charge on any atom is -0.352 e. The van der Waals surface area contributed by atoms with Crippen LogP contribution in [0.1, 0.15) is 42.5 Å². The quantitative estimate of drug-likeness (QED) is 0.483. The van der Waals surface area contributed by atoms with E-state index in [1.54, 1.807) is 0 Å². The number of rotatable bonds is 6. The smallest absolute Gasteiger partial charge is 0.288 e. The Bertz CT molecular complexity index is 636. The van der Waals surface area contributed by atoms with Crippen LogP contribution in [0.2, 0.25) is 5.02 Å². The molecule has 1 fully saturated rings. The Balaban J connectivity index is 1.82. The molecule has 0 radical (unpaired) electrons. The molecule has 1 aliphatic heterocycles. The molecular formula is C16H20ClN3O4. The zero-order chi connectivity index (χ0) is 17.5. The van der Waals surface area contributed by atoms with Crippen molar-refractivity contribution in [2.45, 2.75) is 32.1 Å². The largest absolute Gasteiger partial charge is 0.352 e. The lowest BCUT2D eigenvalue weighted by Gasteiger charge is -2.20. The summed E-state index contributed by atoms with van der Waals surface area (Å²) < 4.78 is 0. The van der Waals surface area contributed by atoms with Crippen LogP contribution in [0, 0.1) is 10.1 Å². The third-order valence-electron chi connectivity index (χ3n) is 3.97. The first kappa shape index (κ1) is 18.2. The lowest BCUT2D eigenvalue weighted by atomic mass is 10.2. The van der Waals surface area contributed by atoms with Gasteiger partial charge in [0.1, 0.15) is 5.02 Å². The third kappa shape index (κ3) is 4.92. The minimum atomic E-state index is -0.621. The molecule has 7 nitrogen and oxygen atoms in total. The second kappa shape index (κ2) is 8.63. The summed E-state index contributed by atoms with van der Waals surface area (Å²) in [6.45, 7) is 1.79. The van der Waals surface area contributed by atoms with E-state index in [0.717, 1.165) is 31.9 Å². The van der Waals surface area contributed by atoms with E-state index in [2.05, 4.69) is 5.32 Å². The fourth-order valence-corrected chi connectivity index (χ4v) is 2.83. The molecule has 0 bridgehead atoms. The summed E-state index contributed by atoms with van der Waals surface area (Å²) in [5.41, 5.74) is -0.101. The number of hydrogen-bond donors (Lipinski definition) is 1. The first-order chi connectivity index (χ1) is 11.5. The summed E-state index contributed by atoms with van der Waals surface area (Å²) in [7, 11) is 0. The van der Waals surface area contributed by atoms with Crippen LogP contribution in [0.5, 0.6) is 0 Å². The maximum absolute atomic E-state index is 12.0. The number of likely N-dealkylation sites (tertiary alicyclic amines) is 1. The van der Waals surface area contributed by atoms with Crippen LogP contribution in [-0.2, 0) is 4.79 Å². The highest BCUT2D eigenvalue weighted by Gasteiger charge is 2.17. The second-order valence-corrected chi connectivity index (χ2v) is 6.13. The molecule has 0 unspecified atom stereocenters. The number of amides is 2. The zero-order valence-corrected chi connectivity index (χ0v) is 14.1. The number of nitrogens with one attached hydrogen (secondary N) is 1. The molecule has 0 atom stereocenters. The van der Waals surface area contributed by atoms with Crippen LogP contribution in [0.3, 0.4) is 0 Å². The van der Waals surface area contributed by atoms with Gasteiger partial charge in [-0.1, -0.05) is 18.0 Å². The van der Waals surface area contributed by atoms with E-state index in [1.807, 2.05) is 4.90 Å². The molecule has 1 N–H and O–H groups in total. The van der Waals surface area contributed by atoms with Gasteiger partial charge >= 0.3 is 0 Å². The number of benzene rings is 1. The number of nitro benzene ring substituents is 1. The van der Waals surface area contributed by atoms with Gasteiger partial charge in [-0.05, 0) is 31.4 Å². The van der Waals surface area contributed by atoms with Gasteiger partial charge in [0.25, 0.3) is 11.6 Å². The van der Waals surface area contributed by atoms with Gasteiger partial charge in [0.2, 0.25) is 5.91 Å². The maximum Gasteiger partial charge on any atom is 0.288 e. The van der Waals surface area contributed by atoms with Gasteiger partial charge in [0, 0.05) is 37.7 Å². The van der Waals surface area contributed by atoms with Crippen molar-refractivity contribution >= 4 is 29.1 Å². The van der Waals surface area contributed by atoms with E-state index in [1.165, 1.54) is 12.1 Å². The topological polar surface area (TPSA) is 92.6 Å². The van der Waals surface area contributed by atoms with Crippen molar-refractivity contribution in [1.29, 1.82) is 0 Å². The molecule has 1 saturated heterocycles. The average molecular weight is 354 g/mol. The van der Waals surface area contributed by atoms with E-state index >= 15 is 0 Å². The summed E-state index contributed by atoms with van der Waals surface area (Å²) in [5, 5.41) is 13.6. The van der Waals surface area contributed by atoms with E-state index in [-0.39, 0.29) is 22.2 Å². The molecule has 1 aliphatic rings. The lowest BCUT2D eigenvalue weighted by Crippen LogP contribution is -2.34. The van der Waals surface area contributed by atoms with Crippen molar-refractivity contribution < 1.29 is 14.5 Å². The Kier molecular flexibility index (Phi) is 6.54. The van der Waals surface area contributed by atoms with Crippen LogP contribution in [0.15, 0.2) is 18.2 Å². The highest BCUT2D eigenvalue weighted by Crippen LogP contribution is 2.24. The van der Waals surface area contributed by atoms with E-state index in [4.69, 9.17) is 11.6 Å². The van der Waals surface area contributed by atoms with Gasteiger partial charge in [-0.2, -0.15) is 0 Å². The van der Waals surface area contributed by atoms with E-state index in [0.29, 0.717) is 25.9 Å². The monoisotopic (exact) mass is 353 g/mol. The summed E-state index contributed by atoms with van der Waals surface area (Å²) >= 11 is 5.72. The Labute approximate surface area is 145 Å². The normalized spacial score (nSPS) is 15.0. The lowest BCUT2D eigenvalue weighted by molar-refractivity contribution is -0.384. The number of nitrogens with zero attached hydrogens (tertiary/aromatic N) is 2. The molecule has 24 heavy (non-hydrogen) atoms. The Morgan fingerprint density at radius 2 is 2.12 bits per heavy atom. The number of carbonyl (C=O) groups excluding carboxylic acids is 2. The van der Waals surface area contributed by atoms with Crippen molar-refractivity contribution in [3.8, 4) is 0 Å². The standard InChI is InChI=1S/C16H20ClN3O4/c17-13-7-6-12(11-14(13)20(23)24)16(22)18-8-4-10-19-9-3-1-2-5-15(19)21/h6-7,11H,1-5,8-10H2,(H,18,22). The fraction of sp³-hybridized carbons (Fsp3) is 0.500. The highest BCUT2D eigenvalue weighted by molar-refractivity contribution is 6.32. The third-order valence-corrected chi connectivity index (χ3v) is 4.29. The van der Waals surface area contributed by atoms with Crippen molar-refractivity contribution in [3.63, 3.8) is 0 Å². The molecule has 2 amide bonds. The molecule has 2 rings (SSSR count). The average Bonchev–Trinajstić information content (AvgIpc) is 2.76. The molecular weight excluding hydrogens is 334 g/mol. The molecule has 0 aliphatic carbocycles. The highest BCUT2D eigenvalue weighted by atomic mass is 35.5. The van der Waals surface area contributed by atoms with Gasteiger partial charge in [-0.3, -0.25) is 19.7 Å². The molecule has 130 valence electrons. The first-order valence-corrected chi connectivity index (χ1v) is 8.37. The van der Waals surface area contributed by atoms with Crippen molar-refractivity contribution in [3.05, 3.63) is 38.9 Å². The number of halogens is 1. The van der Waals surface area contributed by atoms with Gasteiger partial charge in [-0.25, -0.2) is 0 Å². The van der Waals surface area contributed by atoms with Gasteiger partial charge in [0.15, 0.2) is 0 Å². The van der Waals surface area contributed by atoms with Gasteiger partial charge in [-0.15, -0.1) is 0 Å². The molecule has 0 aromatic heterocycles. The summed E-state index contributed by atoms with van der Waals surface area (Å²) in [4.78, 5) is 36.0.